The van der Waals surface area contributed by atoms with Crippen LogP contribution in [0.15, 0.2) is 36.4 Å². The van der Waals surface area contributed by atoms with Crippen molar-refractivity contribution in [1.29, 1.82) is 0 Å². The Hall–Kier alpha value is -1.87. The lowest BCUT2D eigenvalue weighted by Crippen LogP contribution is -1.99. The molecule has 1 atom stereocenters. The van der Waals surface area contributed by atoms with E-state index in [4.69, 9.17) is 4.74 Å². The average Bonchev–Trinajstić information content (AvgIpc) is 2.36. The molecule has 3 heteroatoms. The number of hydrogen-bond donors (Lipinski definition) is 1. The number of aryl methyl sites for hydroxylation is 2. The van der Waals surface area contributed by atoms with Crippen molar-refractivity contribution in [2.75, 3.05) is 0 Å². The van der Waals surface area contributed by atoms with Gasteiger partial charge in [-0.15, -0.1) is 0 Å². The van der Waals surface area contributed by atoms with E-state index in [0.29, 0.717) is 11.3 Å². The Morgan fingerprint density at radius 3 is 2.47 bits per heavy atom. The summed E-state index contributed by atoms with van der Waals surface area (Å²) in [6.45, 7) is 5.56. The molecule has 0 aromatic heterocycles. The fourth-order valence-corrected chi connectivity index (χ4v) is 1.86. The summed E-state index contributed by atoms with van der Waals surface area (Å²) in [6.07, 6.45) is -0.780. The van der Waals surface area contributed by atoms with Gasteiger partial charge in [0.1, 0.15) is 5.75 Å². The normalized spacial score (nSPS) is 12.3. The summed E-state index contributed by atoms with van der Waals surface area (Å²) >= 11 is 0. The van der Waals surface area contributed by atoms with E-state index in [-0.39, 0.29) is 5.75 Å². The second-order valence-electron chi connectivity index (χ2n) is 4.68. The van der Waals surface area contributed by atoms with Crippen molar-refractivity contribution in [2.24, 2.45) is 0 Å². The van der Waals surface area contributed by atoms with Crippen LogP contribution in [-0.2, 0) is 0 Å². The van der Waals surface area contributed by atoms with Crippen molar-refractivity contribution < 1.29 is 14.2 Å². The topological polar surface area (TPSA) is 29.5 Å². The molecule has 0 radical (unpaired) electrons. The van der Waals surface area contributed by atoms with E-state index in [0.717, 1.165) is 11.1 Å². The lowest BCUT2D eigenvalue weighted by atomic mass is 10.1. The monoisotopic (exact) mass is 260 g/mol. The van der Waals surface area contributed by atoms with E-state index < -0.39 is 11.9 Å². The molecule has 0 spiro atoms. The van der Waals surface area contributed by atoms with Gasteiger partial charge in [0.2, 0.25) is 0 Å². The molecule has 100 valence electrons. The van der Waals surface area contributed by atoms with Gasteiger partial charge < -0.3 is 9.84 Å². The van der Waals surface area contributed by atoms with Gasteiger partial charge in [0.15, 0.2) is 11.6 Å². The summed E-state index contributed by atoms with van der Waals surface area (Å²) in [4.78, 5) is 0. The molecule has 2 nitrogen and oxygen atoms in total. The van der Waals surface area contributed by atoms with Crippen molar-refractivity contribution in [3.63, 3.8) is 0 Å². The molecule has 0 aliphatic carbocycles. The van der Waals surface area contributed by atoms with Crippen LogP contribution < -0.4 is 4.74 Å². The third kappa shape index (κ3) is 2.93. The van der Waals surface area contributed by atoms with Crippen molar-refractivity contribution in [2.45, 2.75) is 26.9 Å². The van der Waals surface area contributed by atoms with E-state index in [1.54, 1.807) is 25.1 Å². The highest BCUT2D eigenvalue weighted by molar-refractivity contribution is 5.42. The minimum absolute atomic E-state index is 0.0840. The Labute approximate surface area is 112 Å². The molecule has 1 N–H and O–H groups in total. The predicted octanol–water partition coefficient (Wildman–Crippen LogP) is 4.29. The summed E-state index contributed by atoms with van der Waals surface area (Å²) in [6, 6.07) is 10.1. The van der Waals surface area contributed by atoms with Crippen molar-refractivity contribution in [3.8, 4) is 11.5 Å². The Morgan fingerprint density at radius 1 is 1.11 bits per heavy atom. The number of hydrogen-bond acceptors (Lipinski definition) is 2. The molecular weight excluding hydrogens is 243 g/mol. The molecule has 2 aromatic carbocycles. The first-order valence-corrected chi connectivity index (χ1v) is 6.20. The van der Waals surface area contributed by atoms with Crippen LogP contribution in [0.4, 0.5) is 4.39 Å². The maximum absolute atomic E-state index is 13.8. The first-order chi connectivity index (χ1) is 8.99. The number of para-hydroxylation sites is 1. The van der Waals surface area contributed by atoms with E-state index in [1.807, 2.05) is 26.0 Å². The molecule has 0 amide bonds. The molecule has 0 saturated heterocycles. The Bertz CT molecular complexity index is 591. The van der Waals surface area contributed by atoms with Crippen LogP contribution in [0.1, 0.15) is 29.7 Å². The van der Waals surface area contributed by atoms with Gasteiger partial charge in [0.25, 0.3) is 0 Å². The first kappa shape index (κ1) is 13.6. The van der Waals surface area contributed by atoms with Gasteiger partial charge in [-0.1, -0.05) is 18.2 Å². The molecule has 0 aliphatic heterocycles. The number of benzene rings is 2. The predicted molar refractivity (Wildman–Crippen MR) is 73.0 cm³/mol. The van der Waals surface area contributed by atoms with Crippen LogP contribution in [0.25, 0.3) is 0 Å². The number of ether oxygens (including phenoxy) is 1. The molecule has 19 heavy (non-hydrogen) atoms. The summed E-state index contributed by atoms with van der Waals surface area (Å²) < 4.78 is 19.4. The van der Waals surface area contributed by atoms with Crippen LogP contribution in [0.5, 0.6) is 11.5 Å². The van der Waals surface area contributed by atoms with Gasteiger partial charge in [-0.05, 0) is 50.1 Å². The molecule has 0 bridgehead atoms. The zero-order valence-electron chi connectivity index (χ0n) is 11.3. The molecule has 0 saturated carbocycles. The molecule has 0 heterocycles. The van der Waals surface area contributed by atoms with Crippen LogP contribution in [0, 0.1) is 19.7 Å². The zero-order valence-corrected chi connectivity index (χ0v) is 11.3. The molecular formula is C16H17FO2. The molecule has 0 unspecified atom stereocenters. The third-order valence-corrected chi connectivity index (χ3v) is 3.15. The lowest BCUT2D eigenvalue weighted by Gasteiger charge is -2.14. The van der Waals surface area contributed by atoms with Gasteiger partial charge in [0.05, 0.1) is 6.10 Å². The minimum atomic E-state index is -0.780. The second-order valence-corrected chi connectivity index (χ2v) is 4.68. The van der Waals surface area contributed by atoms with Gasteiger partial charge >= 0.3 is 0 Å². The minimum Gasteiger partial charge on any atom is -0.454 e. The van der Waals surface area contributed by atoms with Gasteiger partial charge in [-0.3, -0.25) is 0 Å². The number of rotatable bonds is 3. The van der Waals surface area contributed by atoms with Crippen LogP contribution in [-0.4, -0.2) is 5.11 Å². The number of halogens is 1. The van der Waals surface area contributed by atoms with E-state index in [2.05, 4.69) is 0 Å². The highest BCUT2D eigenvalue weighted by Gasteiger charge is 2.14. The smallest absolute Gasteiger partial charge is 0.168 e. The van der Waals surface area contributed by atoms with Crippen molar-refractivity contribution >= 4 is 0 Å². The van der Waals surface area contributed by atoms with Crippen LogP contribution >= 0.6 is 0 Å². The molecule has 2 aromatic rings. The summed E-state index contributed by atoms with van der Waals surface area (Å²) in [5.74, 6) is 0.174. The Balaban J connectivity index is 2.40. The first-order valence-electron chi connectivity index (χ1n) is 6.20. The highest BCUT2D eigenvalue weighted by Crippen LogP contribution is 2.32. The maximum atomic E-state index is 13.8. The maximum Gasteiger partial charge on any atom is 0.168 e. The number of aliphatic hydroxyl groups is 1. The van der Waals surface area contributed by atoms with Gasteiger partial charge in [0, 0.05) is 5.56 Å². The largest absolute Gasteiger partial charge is 0.454 e. The van der Waals surface area contributed by atoms with E-state index >= 15 is 0 Å². The Morgan fingerprint density at radius 2 is 1.84 bits per heavy atom. The van der Waals surface area contributed by atoms with Crippen LogP contribution in [0.3, 0.4) is 0 Å². The fourth-order valence-electron chi connectivity index (χ4n) is 1.86. The molecule has 2 rings (SSSR count). The SMILES string of the molecule is Cc1ccc(Oc2c(F)cccc2[C@@H](C)O)cc1C. The van der Waals surface area contributed by atoms with Gasteiger partial charge in [-0.25, -0.2) is 4.39 Å². The Kier molecular flexibility index (Phi) is 3.86. The van der Waals surface area contributed by atoms with Gasteiger partial charge in [-0.2, -0.15) is 0 Å². The fraction of sp³-hybridized carbons (Fsp3) is 0.250. The highest BCUT2D eigenvalue weighted by atomic mass is 19.1. The summed E-state index contributed by atoms with van der Waals surface area (Å²) in [5, 5.41) is 9.66. The molecule has 0 fully saturated rings. The molecule has 0 aliphatic rings. The van der Waals surface area contributed by atoms with E-state index in [9.17, 15) is 9.50 Å². The quantitative estimate of drug-likeness (QED) is 0.892. The van der Waals surface area contributed by atoms with Crippen molar-refractivity contribution in [3.05, 3.63) is 58.9 Å². The zero-order chi connectivity index (χ0) is 14.0. The lowest BCUT2D eigenvalue weighted by molar-refractivity contribution is 0.194. The van der Waals surface area contributed by atoms with E-state index in [1.165, 1.54) is 6.07 Å². The second kappa shape index (κ2) is 5.41. The summed E-state index contributed by atoms with van der Waals surface area (Å²) in [5.41, 5.74) is 2.67. The average molecular weight is 260 g/mol. The van der Waals surface area contributed by atoms with Crippen molar-refractivity contribution in [1.82, 2.24) is 0 Å². The third-order valence-electron chi connectivity index (χ3n) is 3.15. The van der Waals surface area contributed by atoms with Crippen LogP contribution in [0.2, 0.25) is 0 Å². The number of aliphatic hydroxyl groups excluding tert-OH is 1. The standard InChI is InChI=1S/C16H17FO2/c1-10-7-8-13(9-11(10)2)19-16-14(12(3)18)5-4-6-15(16)17/h4-9,12,18H,1-3H3/t12-/m1/s1. The summed E-state index contributed by atoms with van der Waals surface area (Å²) in [7, 11) is 0.